The third-order valence-electron chi connectivity index (χ3n) is 6.73. The van der Waals surface area contributed by atoms with E-state index in [-0.39, 0.29) is 11.8 Å². The standard InChI is InChI=1S/C18H21NO4.C2H4O2/c1-19-8-7-17-14-10-3-4-12(22-2)15(14)23-16(17)11(20)5-6-18(17,21)13(19)9-10;1-2(3)4/h3-4,13,16,21H,5-9H2,1-2H3;1H3,(H,3,4)/p-1/t13-,16+,17+,18-;/m1./s1. The van der Waals surface area contributed by atoms with Crippen molar-refractivity contribution in [1.29, 1.82) is 0 Å². The van der Waals surface area contributed by atoms with Gasteiger partial charge >= 0.3 is 0 Å². The number of benzene rings is 1. The molecule has 1 aromatic carbocycles. The Morgan fingerprint density at radius 2 is 2.11 bits per heavy atom. The second kappa shape index (κ2) is 5.94. The number of hydrogen-bond acceptors (Lipinski definition) is 7. The molecule has 2 aliphatic heterocycles. The third kappa shape index (κ3) is 2.21. The number of carbonyl (C=O) groups is 2. The minimum Gasteiger partial charge on any atom is -0.550 e. The molecule has 1 saturated heterocycles. The summed E-state index contributed by atoms with van der Waals surface area (Å²) < 4.78 is 11.6. The fraction of sp³-hybridized carbons (Fsp3) is 0.600. The van der Waals surface area contributed by atoms with E-state index in [9.17, 15) is 9.90 Å². The number of likely N-dealkylation sites (tertiary alicyclic amines) is 1. The molecule has 2 bridgehead atoms. The lowest BCUT2D eigenvalue weighted by Crippen LogP contribution is -2.76. The summed E-state index contributed by atoms with van der Waals surface area (Å²) in [6.45, 7) is 1.84. The number of aliphatic hydroxyl groups is 1. The van der Waals surface area contributed by atoms with Gasteiger partial charge in [0.2, 0.25) is 0 Å². The summed E-state index contributed by atoms with van der Waals surface area (Å²) in [4.78, 5) is 23.8. The van der Waals surface area contributed by atoms with Crippen molar-refractivity contribution in [3.63, 3.8) is 0 Å². The Balaban J connectivity index is 0.000000413. The van der Waals surface area contributed by atoms with Gasteiger partial charge in [-0.15, -0.1) is 0 Å². The first-order chi connectivity index (χ1) is 12.8. The molecule has 1 N–H and O–H groups in total. The van der Waals surface area contributed by atoms with Gasteiger partial charge in [-0.3, -0.25) is 4.79 Å². The predicted octanol–water partition coefficient (Wildman–Crippen LogP) is -0.196. The van der Waals surface area contributed by atoms with Gasteiger partial charge in [0.15, 0.2) is 23.4 Å². The van der Waals surface area contributed by atoms with Crippen LogP contribution in [0, 0.1) is 0 Å². The van der Waals surface area contributed by atoms with Gasteiger partial charge in [0.25, 0.3) is 0 Å². The van der Waals surface area contributed by atoms with Crippen LogP contribution in [-0.4, -0.2) is 60.2 Å². The van der Waals surface area contributed by atoms with Crippen LogP contribution in [0.25, 0.3) is 0 Å². The average molecular weight is 374 g/mol. The fourth-order valence-corrected chi connectivity index (χ4v) is 5.69. The van der Waals surface area contributed by atoms with E-state index in [0.29, 0.717) is 24.3 Å². The van der Waals surface area contributed by atoms with Crippen LogP contribution in [0.4, 0.5) is 0 Å². The first-order valence-electron chi connectivity index (χ1n) is 9.26. The van der Waals surface area contributed by atoms with Crippen LogP contribution >= 0.6 is 0 Å². The van der Waals surface area contributed by atoms with Gasteiger partial charge in [0, 0.05) is 24.0 Å². The number of nitrogens with zero attached hydrogens (tertiary/aromatic N) is 1. The molecule has 4 atom stereocenters. The van der Waals surface area contributed by atoms with E-state index in [1.807, 2.05) is 6.07 Å². The quantitative estimate of drug-likeness (QED) is 0.727. The smallest absolute Gasteiger partial charge is 0.174 e. The summed E-state index contributed by atoms with van der Waals surface area (Å²) in [5.74, 6) is 0.385. The summed E-state index contributed by atoms with van der Waals surface area (Å²) in [5.41, 5.74) is 0.737. The van der Waals surface area contributed by atoms with Crippen molar-refractivity contribution in [2.75, 3.05) is 20.7 Å². The Labute approximate surface area is 157 Å². The van der Waals surface area contributed by atoms with Crippen LogP contribution in [0.5, 0.6) is 11.5 Å². The zero-order chi connectivity index (χ0) is 19.6. The van der Waals surface area contributed by atoms with E-state index in [1.54, 1.807) is 7.11 Å². The summed E-state index contributed by atoms with van der Waals surface area (Å²) in [5, 5.41) is 20.6. The van der Waals surface area contributed by atoms with Crippen LogP contribution in [-0.2, 0) is 21.4 Å². The van der Waals surface area contributed by atoms with Crippen molar-refractivity contribution in [3.8, 4) is 11.5 Å². The molecule has 0 aromatic heterocycles. The van der Waals surface area contributed by atoms with Gasteiger partial charge in [-0.1, -0.05) is 6.07 Å². The van der Waals surface area contributed by atoms with E-state index in [2.05, 4.69) is 18.0 Å². The number of carbonyl (C=O) groups excluding carboxylic acids is 2. The Bertz CT molecular complexity index is 819. The summed E-state index contributed by atoms with van der Waals surface area (Å²) in [6.07, 6.45) is 1.89. The average Bonchev–Trinajstić information content (AvgIpc) is 2.96. The number of piperidine rings is 1. The van der Waals surface area contributed by atoms with Crippen LogP contribution in [0.1, 0.15) is 37.3 Å². The van der Waals surface area contributed by atoms with Gasteiger partial charge in [-0.2, -0.15) is 0 Å². The molecular formula is C20H24NO6-. The molecule has 0 radical (unpaired) electrons. The monoisotopic (exact) mass is 374 g/mol. The highest BCUT2D eigenvalue weighted by atomic mass is 16.5. The number of aliphatic carboxylic acids is 1. The zero-order valence-corrected chi connectivity index (χ0v) is 15.8. The molecule has 0 unspecified atom stereocenters. The fourth-order valence-electron chi connectivity index (χ4n) is 5.69. The first-order valence-corrected chi connectivity index (χ1v) is 9.26. The van der Waals surface area contributed by atoms with Gasteiger partial charge < -0.3 is 29.4 Å². The number of ether oxygens (including phenoxy) is 2. The van der Waals surface area contributed by atoms with Crippen LogP contribution in [0.2, 0.25) is 0 Å². The molecule has 27 heavy (non-hydrogen) atoms. The number of hydrogen-bond donors (Lipinski definition) is 1. The van der Waals surface area contributed by atoms with E-state index < -0.39 is 23.1 Å². The maximum absolute atomic E-state index is 12.7. The van der Waals surface area contributed by atoms with Crippen molar-refractivity contribution in [3.05, 3.63) is 23.3 Å². The molecule has 1 spiro atoms. The van der Waals surface area contributed by atoms with Crippen molar-refractivity contribution in [2.45, 2.75) is 55.8 Å². The maximum atomic E-state index is 12.7. The summed E-state index contributed by atoms with van der Waals surface area (Å²) in [7, 11) is 3.70. The Hall–Kier alpha value is -2.12. The van der Waals surface area contributed by atoms with Gasteiger partial charge in [-0.25, -0.2) is 0 Å². The number of methoxy groups -OCH3 is 1. The minimum atomic E-state index is -1.08. The number of carboxylic acid groups (broad SMARTS) is 1. The minimum absolute atomic E-state index is 0.0438. The largest absolute Gasteiger partial charge is 0.550 e. The van der Waals surface area contributed by atoms with Crippen molar-refractivity contribution in [1.82, 2.24) is 4.90 Å². The molecule has 146 valence electrons. The molecular weight excluding hydrogens is 350 g/mol. The third-order valence-corrected chi connectivity index (χ3v) is 6.73. The Kier molecular flexibility index (Phi) is 4.01. The highest BCUT2D eigenvalue weighted by molar-refractivity contribution is 5.90. The number of carboxylic acids is 1. The van der Waals surface area contributed by atoms with Crippen molar-refractivity contribution in [2.24, 2.45) is 0 Å². The molecule has 2 heterocycles. The van der Waals surface area contributed by atoms with E-state index in [1.165, 1.54) is 5.56 Å². The van der Waals surface area contributed by atoms with Gasteiger partial charge in [0.1, 0.15) is 0 Å². The molecule has 1 saturated carbocycles. The molecule has 7 nitrogen and oxygen atoms in total. The number of likely N-dealkylation sites (N-methyl/N-ethyl adjacent to an activating group) is 1. The maximum Gasteiger partial charge on any atom is 0.174 e. The second-order valence-electron chi connectivity index (χ2n) is 7.93. The molecule has 4 aliphatic rings. The van der Waals surface area contributed by atoms with Gasteiger partial charge in [-0.05, 0) is 51.4 Å². The number of ketones is 1. The number of Topliss-reactive ketones (excluding diaryl/α,β-unsaturated/α-hetero) is 1. The highest BCUT2D eigenvalue weighted by Gasteiger charge is 2.72. The molecule has 7 heteroatoms. The highest BCUT2D eigenvalue weighted by Crippen LogP contribution is 2.64. The summed E-state index contributed by atoms with van der Waals surface area (Å²) >= 11 is 0. The molecule has 5 rings (SSSR count). The van der Waals surface area contributed by atoms with Crippen LogP contribution < -0.4 is 14.6 Å². The van der Waals surface area contributed by atoms with Crippen molar-refractivity contribution < 1.29 is 29.3 Å². The Morgan fingerprint density at radius 1 is 1.41 bits per heavy atom. The molecule has 2 fully saturated rings. The zero-order valence-electron chi connectivity index (χ0n) is 15.8. The lowest BCUT2D eigenvalue weighted by atomic mass is 9.49. The van der Waals surface area contributed by atoms with Crippen LogP contribution in [0.15, 0.2) is 12.1 Å². The van der Waals surface area contributed by atoms with Crippen LogP contribution in [0.3, 0.4) is 0 Å². The van der Waals surface area contributed by atoms with Crippen molar-refractivity contribution >= 4 is 11.8 Å². The normalized spacial score (nSPS) is 35.5. The molecule has 2 aliphatic carbocycles. The molecule has 1 aromatic rings. The van der Waals surface area contributed by atoms with E-state index in [0.717, 1.165) is 31.9 Å². The van der Waals surface area contributed by atoms with E-state index in [4.69, 9.17) is 19.4 Å². The lowest BCUT2D eigenvalue weighted by molar-refractivity contribution is -0.302. The second-order valence-corrected chi connectivity index (χ2v) is 7.93. The molecule has 0 amide bonds. The Morgan fingerprint density at radius 3 is 2.78 bits per heavy atom. The SMILES string of the molecule is CC(=O)[O-].COc1ccc2c3c1O[C@H]1C(=O)CC[C@@]4(O)[C@@H](C2)N(C)CC[C@]314. The topological polar surface area (TPSA) is 99.1 Å². The first kappa shape index (κ1) is 18.3. The lowest BCUT2D eigenvalue weighted by Gasteiger charge is -2.62. The van der Waals surface area contributed by atoms with E-state index >= 15 is 0 Å². The summed E-state index contributed by atoms with van der Waals surface area (Å²) in [6, 6.07) is 4.05. The van der Waals surface area contributed by atoms with Gasteiger partial charge in [0.05, 0.1) is 18.1 Å². The number of rotatable bonds is 1. The predicted molar refractivity (Wildman–Crippen MR) is 93.7 cm³/mol.